The van der Waals surface area contributed by atoms with Gasteiger partial charge in [0, 0.05) is 19.1 Å². The SMILES string of the molecule is NC(=O)C1CCCN(C(=O)NC(CC(=O)O)C2CC2)C1. The summed E-state index contributed by atoms with van der Waals surface area (Å²) in [6.07, 6.45) is 3.32. The summed E-state index contributed by atoms with van der Waals surface area (Å²) in [7, 11) is 0. The molecule has 1 aliphatic heterocycles. The van der Waals surface area contributed by atoms with Crippen molar-refractivity contribution in [3.8, 4) is 0 Å². The summed E-state index contributed by atoms with van der Waals surface area (Å²) in [5.74, 6) is -1.32. The molecule has 2 rings (SSSR count). The number of nitrogens with two attached hydrogens (primary N) is 1. The minimum absolute atomic E-state index is 0.0521. The third-order valence-corrected chi connectivity index (χ3v) is 4.01. The minimum Gasteiger partial charge on any atom is -0.481 e. The summed E-state index contributed by atoms with van der Waals surface area (Å²) in [4.78, 5) is 35.7. The summed E-state index contributed by atoms with van der Waals surface area (Å²) in [6.45, 7) is 0.908. The van der Waals surface area contributed by atoms with Gasteiger partial charge in [0.15, 0.2) is 0 Å². The van der Waals surface area contributed by atoms with E-state index in [9.17, 15) is 14.4 Å². The summed E-state index contributed by atoms with van der Waals surface area (Å²) < 4.78 is 0. The molecule has 1 saturated carbocycles. The molecule has 0 spiro atoms. The third-order valence-electron chi connectivity index (χ3n) is 4.01. The zero-order valence-electron chi connectivity index (χ0n) is 11.4. The van der Waals surface area contributed by atoms with Gasteiger partial charge in [0.2, 0.25) is 5.91 Å². The molecule has 7 nitrogen and oxygen atoms in total. The van der Waals surface area contributed by atoms with Crippen LogP contribution < -0.4 is 11.1 Å². The molecule has 0 aromatic heterocycles. The summed E-state index contributed by atoms with van der Waals surface area (Å²) >= 11 is 0. The lowest BCUT2D eigenvalue weighted by Gasteiger charge is -2.32. The number of carboxylic acid groups (broad SMARTS) is 1. The van der Waals surface area contributed by atoms with Crippen molar-refractivity contribution in [1.82, 2.24) is 10.2 Å². The highest BCUT2D eigenvalue weighted by atomic mass is 16.4. The average Bonchev–Trinajstić information content (AvgIpc) is 3.21. The number of carbonyl (C=O) groups excluding carboxylic acids is 2. The van der Waals surface area contributed by atoms with E-state index in [1.807, 2.05) is 0 Å². The number of nitrogens with zero attached hydrogens (tertiary/aromatic N) is 1. The Morgan fingerprint density at radius 3 is 2.55 bits per heavy atom. The molecule has 3 amide bonds. The number of piperidine rings is 1. The number of carbonyl (C=O) groups is 3. The number of primary amides is 1. The molecule has 1 heterocycles. The van der Waals surface area contributed by atoms with E-state index in [-0.39, 0.29) is 36.2 Å². The molecule has 2 atom stereocenters. The van der Waals surface area contributed by atoms with Crippen molar-refractivity contribution in [2.45, 2.75) is 38.1 Å². The number of urea groups is 1. The Labute approximate surface area is 117 Å². The number of rotatable bonds is 5. The number of hydrogen-bond donors (Lipinski definition) is 3. The molecular formula is C13H21N3O4. The van der Waals surface area contributed by atoms with Gasteiger partial charge in [-0.05, 0) is 31.6 Å². The van der Waals surface area contributed by atoms with Crippen LogP contribution in [-0.2, 0) is 9.59 Å². The van der Waals surface area contributed by atoms with Gasteiger partial charge >= 0.3 is 12.0 Å². The highest BCUT2D eigenvalue weighted by Crippen LogP contribution is 2.34. The first-order valence-electron chi connectivity index (χ1n) is 7.04. The van der Waals surface area contributed by atoms with E-state index in [1.165, 1.54) is 0 Å². The number of carboxylic acids is 1. The maximum absolute atomic E-state index is 12.2. The maximum Gasteiger partial charge on any atom is 0.317 e. The molecule has 0 bridgehead atoms. The molecule has 112 valence electrons. The average molecular weight is 283 g/mol. The van der Waals surface area contributed by atoms with Crippen LogP contribution in [0.3, 0.4) is 0 Å². The fourth-order valence-corrected chi connectivity index (χ4v) is 2.67. The third kappa shape index (κ3) is 3.85. The van der Waals surface area contributed by atoms with Crippen molar-refractivity contribution in [2.24, 2.45) is 17.6 Å². The molecule has 1 aliphatic carbocycles. The number of aliphatic carboxylic acids is 1. The first-order valence-corrected chi connectivity index (χ1v) is 7.04. The van der Waals surface area contributed by atoms with Crippen molar-refractivity contribution in [1.29, 1.82) is 0 Å². The highest BCUT2D eigenvalue weighted by molar-refractivity contribution is 5.80. The van der Waals surface area contributed by atoms with Gasteiger partial charge in [-0.25, -0.2) is 4.79 Å². The van der Waals surface area contributed by atoms with E-state index in [1.54, 1.807) is 4.90 Å². The van der Waals surface area contributed by atoms with Gasteiger partial charge in [0.05, 0.1) is 12.3 Å². The predicted octanol–water partition coefficient (Wildman–Crippen LogP) is 0.147. The van der Waals surface area contributed by atoms with Gasteiger partial charge in [-0.15, -0.1) is 0 Å². The Morgan fingerprint density at radius 1 is 1.30 bits per heavy atom. The van der Waals surface area contributed by atoms with E-state index in [4.69, 9.17) is 10.8 Å². The second-order valence-corrected chi connectivity index (χ2v) is 5.68. The van der Waals surface area contributed by atoms with Crippen molar-refractivity contribution in [2.75, 3.05) is 13.1 Å². The fourth-order valence-electron chi connectivity index (χ4n) is 2.67. The van der Waals surface area contributed by atoms with E-state index >= 15 is 0 Å². The van der Waals surface area contributed by atoms with Crippen LogP contribution in [0.25, 0.3) is 0 Å². The van der Waals surface area contributed by atoms with E-state index in [0.717, 1.165) is 19.3 Å². The summed E-state index contributed by atoms with van der Waals surface area (Å²) in [5.41, 5.74) is 5.28. The molecular weight excluding hydrogens is 262 g/mol. The lowest BCUT2D eigenvalue weighted by molar-refractivity contribution is -0.137. The molecule has 2 unspecified atom stereocenters. The zero-order chi connectivity index (χ0) is 14.7. The number of hydrogen-bond acceptors (Lipinski definition) is 3. The van der Waals surface area contributed by atoms with E-state index in [0.29, 0.717) is 19.5 Å². The standard InChI is InChI=1S/C13H21N3O4/c14-12(19)9-2-1-5-16(7-9)13(20)15-10(6-11(17)18)8-3-4-8/h8-10H,1-7H2,(H2,14,19)(H,15,20)(H,17,18). The largest absolute Gasteiger partial charge is 0.481 e. The van der Waals surface area contributed by atoms with Crippen LogP contribution in [-0.4, -0.2) is 47.0 Å². The zero-order valence-corrected chi connectivity index (χ0v) is 11.4. The van der Waals surface area contributed by atoms with Gasteiger partial charge in [0.25, 0.3) is 0 Å². The smallest absolute Gasteiger partial charge is 0.317 e. The van der Waals surface area contributed by atoms with Gasteiger partial charge in [-0.1, -0.05) is 0 Å². The monoisotopic (exact) mass is 283 g/mol. The minimum atomic E-state index is -0.907. The lowest BCUT2D eigenvalue weighted by Crippen LogP contribution is -2.51. The highest BCUT2D eigenvalue weighted by Gasteiger charge is 2.35. The summed E-state index contributed by atoms with van der Waals surface area (Å²) in [5, 5.41) is 11.7. The molecule has 2 fully saturated rings. The molecule has 1 saturated heterocycles. The van der Waals surface area contributed by atoms with Gasteiger partial charge in [0.1, 0.15) is 0 Å². The predicted molar refractivity (Wildman–Crippen MR) is 70.8 cm³/mol. The van der Waals surface area contributed by atoms with Gasteiger partial charge in [-0.3, -0.25) is 9.59 Å². The second-order valence-electron chi connectivity index (χ2n) is 5.68. The van der Waals surface area contributed by atoms with Crippen LogP contribution in [0.5, 0.6) is 0 Å². The van der Waals surface area contributed by atoms with Crippen molar-refractivity contribution < 1.29 is 19.5 Å². The first kappa shape index (κ1) is 14.6. The van der Waals surface area contributed by atoms with Crippen LogP contribution in [0, 0.1) is 11.8 Å². The van der Waals surface area contributed by atoms with Crippen molar-refractivity contribution in [3.05, 3.63) is 0 Å². The van der Waals surface area contributed by atoms with Gasteiger partial charge < -0.3 is 21.1 Å². The molecule has 0 aromatic carbocycles. The Kier molecular flexibility index (Phi) is 4.46. The molecule has 0 radical (unpaired) electrons. The quantitative estimate of drug-likeness (QED) is 0.666. The fraction of sp³-hybridized carbons (Fsp3) is 0.769. The van der Waals surface area contributed by atoms with Crippen LogP contribution in [0.15, 0.2) is 0 Å². The molecule has 4 N–H and O–H groups in total. The Balaban J connectivity index is 1.89. The maximum atomic E-state index is 12.2. The van der Waals surface area contributed by atoms with Gasteiger partial charge in [-0.2, -0.15) is 0 Å². The van der Waals surface area contributed by atoms with E-state index in [2.05, 4.69) is 5.32 Å². The topological polar surface area (TPSA) is 113 Å². The molecule has 2 aliphatic rings. The van der Waals surface area contributed by atoms with Crippen molar-refractivity contribution in [3.63, 3.8) is 0 Å². The Bertz CT molecular complexity index is 408. The Morgan fingerprint density at radius 2 is 2.00 bits per heavy atom. The summed E-state index contributed by atoms with van der Waals surface area (Å²) in [6, 6.07) is -0.594. The number of amides is 3. The molecule has 7 heteroatoms. The van der Waals surface area contributed by atoms with E-state index < -0.39 is 5.97 Å². The van der Waals surface area contributed by atoms with Crippen LogP contribution in [0.4, 0.5) is 4.79 Å². The van der Waals surface area contributed by atoms with Crippen molar-refractivity contribution >= 4 is 17.9 Å². The second kappa shape index (κ2) is 6.11. The number of nitrogens with one attached hydrogen (secondary N) is 1. The first-order chi connectivity index (χ1) is 9.47. The van der Waals surface area contributed by atoms with Crippen LogP contribution >= 0.6 is 0 Å². The lowest BCUT2D eigenvalue weighted by atomic mass is 9.98. The number of likely N-dealkylation sites (tertiary alicyclic amines) is 1. The molecule has 20 heavy (non-hydrogen) atoms. The van der Waals surface area contributed by atoms with Crippen LogP contribution in [0.1, 0.15) is 32.1 Å². The van der Waals surface area contributed by atoms with Crippen LogP contribution in [0.2, 0.25) is 0 Å². The Hall–Kier alpha value is -1.79. The molecule has 0 aromatic rings. The normalized spacial score (nSPS) is 24.0.